The summed E-state index contributed by atoms with van der Waals surface area (Å²) in [4.78, 5) is 30.3. The van der Waals surface area contributed by atoms with Crippen molar-refractivity contribution in [1.82, 2.24) is 10.2 Å². The smallest absolute Gasteiger partial charge is 0.264 e. The lowest BCUT2D eigenvalue weighted by Crippen LogP contribution is -2.55. The number of carbonyl (C=O) groups excluding carboxylic acids is 2. The van der Waals surface area contributed by atoms with E-state index >= 15 is 0 Å². The van der Waals surface area contributed by atoms with Crippen LogP contribution in [0.5, 0.6) is 5.75 Å². The summed E-state index contributed by atoms with van der Waals surface area (Å²) in [5.74, 6) is -0.870. The number of aryl methyl sites for hydroxylation is 1. The Kier molecular flexibility index (Phi) is 12.1. The number of hydrogen-bond donors (Lipinski definition) is 1. The number of anilines is 1. The molecule has 0 unspecified atom stereocenters. The van der Waals surface area contributed by atoms with Crippen molar-refractivity contribution < 1.29 is 27.1 Å². The number of methoxy groups -OCH3 is 1. The van der Waals surface area contributed by atoms with E-state index in [0.29, 0.717) is 21.5 Å². The van der Waals surface area contributed by atoms with Crippen LogP contribution in [0.1, 0.15) is 48.8 Å². The monoisotopic (exact) mass is 749 g/mol. The van der Waals surface area contributed by atoms with E-state index < -0.39 is 34.3 Å². The van der Waals surface area contributed by atoms with Gasteiger partial charge in [0.05, 0.1) is 22.2 Å². The first-order chi connectivity index (χ1) is 23.5. The molecule has 11 heteroatoms. The number of halogens is 2. The molecular formula is C38H41BrFN3O5S. The zero-order valence-corrected chi connectivity index (χ0v) is 30.1. The van der Waals surface area contributed by atoms with E-state index in [2.05, 4.69) is 21.2 Å². The molecule has 1 N–H and O–H groups in total. The minimum Gasteiger partial charge on any atom is -0.496 e. The van der Waals surface area contributed by atoms with E-state index in [0.717, 1.165) is 47.5 Å². The molecule has 0 aliphatic heterocycles. The Morgan fingerprint density at radius 1 is 0.918 bits per heavy atom. The average Bonchev–Trinajstić information content (AvgIpc) is 3.10. The fraction of sp³-hybridized carbons (Fsp3) is 0.316. The molecule has 4 aromatic rings. The Bertz CT molecular complexity index is 1830. The third kappa shape index (κ3) is 9.27. The molecule has 5 rings (SSSR count). The molecule has 8 nitrogen and oxygen atoms in total. The van der Waals surface area contributed by atoms with Gasteiger partial charge in [-0.3, -0.25) is 13.9 Å². The Morgan fingerprint density at radius 2 is 1.59 bits per heavy atom. The molecule has 0 saturated heterocycles. The van der Waals surface area contributed by atoms with Crippen molar-refractivity contribution in [3.05, 3.63) is 124 Å². The number of benzene rings is 4. The molecule has 2 amide bonds. The zero-order chi connectivity index (χ0) is 35.0. The second-order valence-electron chi connectivity index (χ2n) is 12.3. The average molecular weight is 751 g/mol. The van der Waals surface area contributed by atoms with Gasteiger partial charge in [-0.15, -0.1) is 0 Å². The molecule has 1 fully saturated rings. The van der Waals surface area contributed by atoms with Crippen LogP contribution in [0.25, 0.3) is 0 Å². The fourth-order valence-corrected chi connectivity index (χ4v) is 8.19. The van der Waals surface area contributed by atoms with Gasteiger partial charge in [-0.05, 0) is 89.3 Å². The van der Waals surface area contributed by atoms with Crippen LogP contribution in [-0.2, 0) is 32.6 Å². The molecule has 0 bridgehead atoms. The lowest BCUT2D eigenvalue weighted by Gasteiger charge is -2.35. The van der Waals surface area contributed by atoms with E-state index in [4.69, 9.17) is 4.74 Å². The van der Waals surface area contributed by atoms with Crippen LogP contribution in [0.3, 0.4) is 0 Å². The van der Waals surface area contributed by atoms with E-state index in [-0.39, 0.29) is 29.8 Å². The Morgan fingerprint density at radius 3 is 2.22 bits per heavy atom. The molecule has 258 valence electrons. The Hall–Kier alpha value is -4.22. The molecule has 49 heavy (non-hydrogen) atoms. The fourth-order valence-electron chi connectivity index (χ4n) is 6.06. The van der Waals surface area contributed by atoms with Gasteiger partial charge in [0.15, 0.2) is 0 Å². The molecule has 0 spiro atoms. The van der Waals surface area contributed by atoms with Crippen LogP contribution in [-0.4, -0.2) is 50.9 Å². The summed E-state index contributed by atoms with van der Waals surface area (Å²) in [5, 5.41) is 3.19. The normalized spacial score (nSPS) is 14.1. The van der Waals surface area contributed by atoms with Gasteiger partial charge in [-0.25, -0.2) is 12.8 Å². The molecule has 1 saturated carbocycles. The van der Waals surface area contributed by atoms with Gasteiger partial charge in [0.25, 0.3) is 10.0 Å². The highest BCUT2D eigenvalue weighted by molar-refractivity contribution is 9.10. The minimum absolute atomic E-state index is 0.0137. The number of sulfonamides is 1. The second kappa shape index (κ2) is 16.5. The molecule has 0 radical (unpaired) electrons. The van der Waals surface area contributed by atoms with E-state index in [1.165, 1.54) is 36.3 Å². The minimum atomic E-state index is -4.30. The van der Waals surface area contributed by atoms with Crippen LogP contribution in [0.15, 0.2) is 106 Å². The maximum Gasteiger partial charge on any atom is 0.264 e. The quantitative estimate of drug-likeness (QED) is 0.156. The lowest BCUT2D eigenvalue weighted by atomic mass is 9.94. The number of ether oxygens (including phenoxy) is 1. The van der Waals surface area contributed by atoms with Crippen molar-refractivity contribution in [2.75, 3.05) is 18.0 Å². The summed E-state index contributed by atoms with van der Waals surface area (Å²) in [6.07, 6.45) is 5.05. The van der Waals surface area contributed by atoms with Crippen molar-refractivity contribution in [2.45, 2.75) is 69.0 Å². The molecular weight excluding hydrogens is 709 g/mol. The predicted octanol–water partition coefficient (Wildman–Crippen LogP) is 7.19. The van der Waals surface area contributed by atoms with Crippen LogP contribution in [0.2, 0.25) is 0 Å². The number of hydrogen-bond acceptors (Lipinski definition) is 5. The van der Waals surface area contributed by atoms with Gasteiger partial charge in [-0.1, -0.05) is 79.4 Å². The largest absolute Gasteiger partial charge is 0.496 e. The van der Waals surface area contributed by atoms with Crippen LogP contribution >= 0.6 is 15.9 Å². The SMILES string of the molecule is COc1ccc(S(=O)(=O)N(CC(=O)N(Cc2ccc(F)cc2)[C@H](Cc2ccccc2)C(=O)NC2CCCCC2)c2ccc(C)cc2)cc1Br. The molecule has 1 aliphatic rings. The maximum absolute atomic E-state index is 14.7. The first-order valence-electron chi connectivity index (χ1n) is 16.4. The predicted molar refractivity (Wildman–Crippen MR) is 192 cm³/mol. The molecule has 1 aliphatic carbocycles. The summed E-state index contributed by atoms with van der Waals surface area (Å²) in [7, 11) is -2.82. The molecule has 1 atom stereocenters. The Balaban J connectivity index is 1.57. The molecule has 4 aromatic carbocycles. The van der Waals surface area contributed by atoms with Crippen LogP contribution < -0.4 is 14.4 Å². The molecule has 0 aromatic heterocycles. The van der Waals surface area contributed by atoms with Crippen molar-refractivity contribution in [2.24, 2.45) is 0 Å². The van der Waals surface area contributed by atoms with Crippen molar-refractivity contribution in [1.29, 1.82) is 0 Å². The number of nitrogens with one attached hydrogen (secondary N) is 1. The third-order valence-electron chi connectivity index (χ3n) is 8.80. The Labute approximate surface area is 296 Å². The first kappa shape index (κ1) is 36.1. The van der Waals surface area contributed by atoms with Gasteiger partial charge < -0.3 is 15.0 Å². The summed E-state index contributed by atoms with van der Waals surface area (Å²) in [6.45, 7) is 1.26. The number of amides is 2. The highest BCUT2D eigenvalue weighted by Gasteiger charge is 2.35. The summed E-state index contributed by atoms with van der Waals surface area (Å²) in [6, 6.07) is 25.4. The summed E-state index contributed by atoms with van der Waals surface area (Å²) < 4.78 is 49.5. The van der Waals surface area contributed by atoms with Crippen LogP contribution in [0, 0.1) is 12.7 Å². The van der Waals surface area contributed by atoms with Crippen molar-refractivity contribution in [3.63, 3.8) is 0 Å². The standard InChI is InChI=1S/C38H41BrFN3O5S/c1-27-13-19-32(20-14-27)43(49(46,47)33-21-22-36(48-2)34(39)24-33)26-37(44)42(25-29-15-17-30(40)18-16-29)35(23-28-9-5-3-6-10-28)38(45)41-31-11-7-4-8-12-31/h3,5-6,9-10,13-22,24,31,35H,4,7-8,11-12,23,25-26H2,1-2H3,(H,41,45)/t35-/m1/s1. The summed E-state index contributed by atoms with van der Waals surface area (Å²) in [5.41, 5.74) is 2.65. The van der Waals surface area contributed by atoms with Crippen molar-refractivity contribution in [3.8, 4) is 5.75 Å². The highest BCUT2D eigenvalue weighted by atomic mass is 79.9. The van der Waals surface area contributed by atoms with E-state index in [9.17, 15) is 22.4 Å². The van der Waals surface area contributed by atoms with E-state index in [1.54, 1.807) is 42.5 Å². The van der Waals surface area contributed by atoms with Crippen molar-refractivity contribution >= 4 is 43.5 Å². The van der Waals surface area contributed by atoms with Crippen LogP contribution in [0.4, 0.5) is 10.1 Å². The molecule has 0 heterocycles. The number of nitrogens with zero attached hydrogens (tertiary/aromatic N) is 2. The van der Waals surface area contributed by atoms with Gasteiger partial charge in [-0.2, -0.15) is 0 Å². The lowest BCUT2D eigenvalue weighted by molar-refractivity contribution is -0.140. The van der Waals surface area contributed by atoms with Gasteiger partial charge >= 0.3 is 0 Å². The first-order valence-corrected chi connectivity index (χ1v) is 18.6. The second-order valence-corrected chi connectivity index (χ2v) is 15.1. The van der Waals surface area contributed by atoms with Gasteiger partial charge in [0.2, 0.25) is 11.8 Å². The van der Waals surface area contributed by atoms with Gasteiger partial charge in [0, 0.05) is 19.0 Å². The number of rotatable bonds is 13. The third-order valence-corrected chi connectivity index (χ3v) is 11.2. The highest BCUT2D eigenvalue weighted by Crippen LogP contribution is 2.31. The zero-order valence-electron chi connectivity index (χ0n) is 27.6. The number of carbonyl (C=O) groups is 2. The van der Waals surface area contributed by atoms with Gasteiger partial charge in [0.1, 0.15) is 24.2 Å². The topological polar surface area (TPSA) is 96.0 Å². The summed E-state index contributed by atoms with van der Waals surface area (Å²) >= 11 is 3.38. The van der Waals surface area contributed by atoms with E-state index in [1.807, 2.05) is 37.3 Å². The maximum atomic E-state index is 14.7.